The van der Waals surface area contributed by atoms with Crippen LogP contribution in [0.5, 0.6) is 0 Å². The molecule has 0 amide bonds. The first-order valence-electron chi connectivity index (χ1n) is 7.06. The predicted molar refractivity (Wildman–Crippen MR) is 86.2 cm³/mol. The van der Waals surface area contributed by atoms with E-state index in [2.05, 4.69) is 21.0 Å². The maximum atomic E-state index is 11.2. The quantitative estimate of drug-likeness (QED) is 0.618. The maximum absolute atomic E-state index is 11.2. The van der Waals surface area contributed by atoms with Crippen molar-refractivity contribution in [2.75, 3.05) is 19.4 Å². The average molecular weight is 320 g/mol. The lowest BCUT2D eigenvalue weighted by Gasteiger charge is -2.10. The van der Waals surface area contributed by atoms with Crippen molar-refractivity contribution in [2.45, 2.75) is 24.9 Å². The van der Waals surface area contributed by atoms with E-state index in [1.807, 2.05) is 29.7 Å². The number of ether oxygens (including phenoxy) is 1. The fraction of sp³-hybridized carbons (Fsp3) is 0.400. The van der Waals surface area contributed by atoms with Crippen molar-refractivity contribution in [3.8, 4) is 5.69 Å². The van der Waals surface area contributed by atoms with Gasteiger partial charge in [-0.05, 0) is 31.2 Å². The molecule has 2 N–H and O–H groups in total. The summed E-state index contributed by atoms with van der Waals surface area (Å²) in [4.78, 5) is 11.2. The summed E-state index contributed by atoms with van der Waals surface area (Å²) in [6.45, 7) is 2.55. The highest BCUT2D eigenvalue weighted by molar-refractivity contribution is 7.99. The number of nitrogens with two attached hydrogens (primary N) is 1. The minimum Gasteiger partial charge on any atom is -0.469 e. The number of hydrogen-bond donors (Lipinski definition) is 1. The Morgan fingerprint density at radius 2 is 2.23 bits per heavy atom. The van der Waals surface area contributed by atoms with Crippen molar-refractivity contribution in [3.63, 3.8) is 0 Å². The van der Waals surface area contributed by atoms with E-state index in [0.29, 0.717) is 25.1 Å². The molecule has 22 heavy (non-hydrogen) atoms. The molecule has 2 aromatic rings. The van der Waals surface area contributed by atoms with E-state index >= 15 is 0 Å². The van der Waals surface area contributed by atoms with Gasteiger partial charge in [0.1, 0.15) is 5.82 Å². The summed E-state index contributed by atoms with van der Waals surface area (Å²) in [6.07, 6.45) is 0.993. The Balaban J connectivity index is 2.24. The summed E-state index contributed by atoms with van der Waals surface area (Å²) in [6, 6.07) is 8.13. The summed E-state index contributed by atoms with van der Waals surface area (Å²) in [5.74, 6) is 1.20. The Labute approximate surface area is 134 Å². The molecule has 7 heteroatoms. The zero-order chi connectivity index (χ0) is 15.9. The van der Waals surface area contributed by atoms with Gasteiger partial charge in [0, 0.05) is 17.9 Å². The van der Waals surface area contributed by atoms with E-state index in [1.165, 1.54) is 18.9 Å². The molecular formula is C15H20N4O2S. The van der Waals surface area contributed by atoms with Crippen LogP contribution in [0.1, 0.15) is 17.8 Å². The van der Waals surface area contributed by atoms with Crippen LogP contribution in [0, 0.1) is 6.92 Å². The van der Waals surface area contributed by atoms with Crippen molar-refractivity contribution < 1.29 is 9.53 Å². The summed E-state index contributed by atoms with van der Waals surface area (Å²) >= 11 is 1.49. The number of nitrogens with zero attached hydrogens (tertiary/aromatic N) is 3. The zero-order valence-corrected chi connectivity index (χ0v) is 13.6. The first kappa shape index (κ1) is 16.5. The molecule has 0 saturated heterocycles. The number of esters is 1. The van der Waals surface area contributed by atoms with Crippen LogP contribution in [-0.4, -0.2) is 40.1 Å². The first-order chi connectivity index (χ1) is 10.7. The van der Waals surface area contributed by atoms with Crippen LogP contribution < -0.4 is 5.73 Å². The van der Waals surface area contributed by atoms with Crippen molar-refractivity contribution in [1.29, 1.82) is 0 Å². The molecule has 1 aromatic carbocycles. The predicted octanol–water partition coefficient (Wildman–Crippen LogP) is 1.73. The van der Waals surface area contributed by atoms with Crippen LogP contribution in [-0.2, 0) is 16.0 Å². The topological polar surface area (TPSA) is 83.0 Å². The van der Waals surface area contributed by atoms with Gasteiger partial charge in [-0.1, -0.05) is 23.9 Å². The van der Waals surface area contributed by atoms with E-state index in [9.17, 15) is 4.79 Å². The minimum atomic E-state index is -0.226. The molecule has 0 bridgehead atoms. The van der Waals surface area contributed by atoms with E-state index in [4.69, 9.17) is 5.73 Å². The number of carbonyl (C=O) groups is 1. The molecule has 0 aliphatic heterocycles. The Morgan fingerprint density at radius 3 is 2.91 bits per heavy atom. The molecule has 0 fully saturated rings. The number of aromatic nitrogens is 3. The highest BCUT2D eigenvalue weighted by atomic mass is 32.2. The molecule has 1 aromatic heterocycles. The van der Waals surface area contributed by atoms with Gasteiger partial charge in [-0.2, -0.15) is 0 Å². The van der Waals surface area contributed by atoms with Crippen LogP contribution in [0.2, 0.25) is 0 Å². The van der Waals surface area contributed by atoms with E-state index in [1.54, 1.807) is 0 Å². The number of thioether (sulfide) groups is 1. The van der Waals surface area contributed by atoms with E-state index in [0.717, 1.165) is 22.2 Å². The van der Waals surface area contributed by atoms with Crippen molar-refractivity contribution in [3.05, 3.63) is 35.7 Å². The smallest absolute Gasteiger partial charge is 0.306 e. The summed E-state index contributed by atoms with van der Waals surface area (Å²) in [7, 11) is 1.39. The van der Waals surface area contributed by atoms with Gasteiger partial charge >= 0.3 is 5.97 Å². The monoisotopic (exact) mass is 320 g/mol. The third-order valence-electron chi connectivity index (χ3n) is 3.09. The standard InChI is InChI=1S/C15H20N4O2S/c1-11-4-3-5-12(10-11)19-13(6-8-16)17-18-15(19)22-9-7-14(20)21-2/h3-5,10H,6-9,16H2,1-2H3. The molecule has 0 aliphatic carbocycles. The third kappa shape index (κ3) is 4.08. The average Bonchev–Trinajstić information content (AvgIpc) is 2.90. The summed E-state index contributed by atoms with van der Waals surface area (Å²) in [5, 5.41) is 9.22. The number of hydrogen-bond acceptors (Lipinski definition) is 6. The van der Waals surface area contributed by atoms with Gasteiger partial charge in [-0.25, -0.2) is 0 Å². The SMILES string of the molecule is COC(=O)CCSc1nnc(CCN)n1-c1cccc(C)c1. The second-order valence-corrected chi connectivity index (χ2v) is 5.85. The van der Waals surface area contributed by atoms with Crippen LogP contribution in [0.25, 0.3) is 5.69 Å². The van der Waals surface area contributed by atoms with Gasteiger partial charge in [0.15, 0.2) is 5.16 Å². The Bertz CT molecular complexity index is 642. The third-order valence-corrected chi connectivity index (χ3v) is 4.02. The zero-order valence-electron chi connectivity index (χ0n) is 12.8. The van der Waals surface area contributed by atoms with Crippen molar-refractivity contribution in [1.82, 2.24) is 14.8 Å². The lowest BCUT2D eigenvalue weighted by molar-refractivity contribution is -0.140. The van der Waals surface area contributed by atoms with Gasteiger partial charge in [-0.3, -0.25) is 9.36 Å². The fourth-order valence-corrected chi connectivity index (χ4v) is 2.93. The molecule has 0 atom stereocenters. The van der Waals surface area contributed by atoms with Gasteiger partial charge in [-0.15, -0.1) is 10.2 Å². The minimum absolute atomic E-state index is 0.226. The summed E-state index contributed by atoms with van der Waals surface area (Å²) < 4.78 is 6.65. The molecule has 0 saturated carbocycles. The Morgan fingerprint density at radius 1 is 1.41 bits per heavy atom. The number of carbonyl (C=O) groups excluding carboxylic acids is 1. The van der Waals surface area contributed by atoms with Gasteiger partial charge in [0.05, 0.1) is 13.5 Å². The molecule has 1 heterocycles. The van der Waals surface area contributed by atoms with E-state index < -0.39 is 0 Å². The lowest BCUT2D eigenvalue weighted by atomic mass is 10.2. The lowest BCUT2D eigenvalue weighted by Crippen LogP contribution is -2.10. The molecule has 2 rings (SSSR count). The second-order valence-electron chi connectivity index (χ2n) is 4.79. The normalized spacial score (nSPS) is 10.7. The first-order valence-corrected chi connectivity index (χ1v) is 8.05. The van der Waals surface area contributed by atoms with Crippen LogP contribution >= 0.6 is 11.8 Å². The van der Waals surface area contributed by atoms with Crippen LogP contribution in [0.4, 0.5) is 0 Å². The second kappa shape index (κ2) is 7.95. The molecule has 0 unspecified atom stereocenters. The van der Waals surface area contributed by atoms with E-state index in [-0.39, 0.29) is 5.97 Å². The number of rotatable bonds is 7. The highest BCUT2D eigenvalue weighted by Gasteiger charge is 2.14. The van der Waals surface area contributed by atoms with Gasteiger partial charge in [0.25, 0.3) is 0 Å². The van der Waals surface area contributed by atoms with Gasteiger partial charge in [0.2, 0.25) is 0 Å². The molecule has 0 spiro atoms. The Kier molecular flexibility index (Phi) is 5.97. The van der Waals surface area contributed by atoms with Crippen molar-refractivity contribution >= 4 is 17.7 Å². The summed E-state index contributed by atoms with van der Waals surface area (Å²) in [5.41, 5.74) is 7.83. The largest absolute Gasteiger partial charge is 0.469 e. The molecular weight excluding hydrogens is 300 g/mol. The Hall–Kier alpha value is -1.86. The van der Waals surface area contributed by atoms with Crippen LogP contribution in [0.3, 0.4) is 0 Å². The van der Waals surface area contributed by atoms with Crippen molar-refractivity contribution in [2.24, 2.45) is 5.73 Å². The number of aryl methyl sites for hydroxylation is 1. The number of benzene rings is 1. The molecule has 0 radical (unpaired) electrons. The van der Waals surface area contributed by atoms with Crippen LogP contribution in [0.15, 0.2) is 29.4 Å². The highest BCUT2D eigenvalue weighted by Crippen LogP contribution is 2.23. The van der Waals surface area contributed by atoms with Gasteiger partial charge < -0.3 is 10.5 Å². The molecule has 0 aliphatic rings. The molecule has 118 valence electrons. The fourth-order valence-electron chi connectivity index (χ4n) is 2.04. The maximum Gasteiger partial charge on any atom is 0.306 e. The molecule has 6 nitrogen and oxygen atoms in total. The number of methoxy groups -OCH3 is 1.